The molecule has 0 heterocycles. The molecular formula is C19H25N3O. The van der Waals surface area contributed by atoms with Crippen molar-refractivity contribution in [3.63, 3.8) is 0 Å². The number of nitrogens with one attached hydrogen (secondary N) is 1. The molecular weight excluding hydrogens is 286 g/mol. The molecule has 1 atom stereocenters. The van der Waals surface area contributed by atoms with Crippen LogP contribution < -0.4 is 16.8 Å². The molecule has 0 bridgehead atoms. The summed E-state index contributed by atoms with van der Waals surface area (Å²) in [5.41, 5.74) is 13.6. The summed E-state index contributed by atoms with van der Waals surface area (Å²) in [5.74, 6) is -0.486. The number of primary amides is 1. The van der Waals surface area contributed by atoms with Crippen LogP contribution in [-0.2, 0) is 17.6 Å². The molecule has 2 aromatic rings. The maximum atomic E-state index is 11.3. The van der Waals surface area contributed by atoms with E-state index in [1.807, 2.05) is 30.3 Å². The Labute approximate surface area is 137 Å². The van der Waals surface area contributed by atoms with Gasteiger partial charge in [-0.25, -0.2) is 0 Å². The van der Waals surface area contributed by atoms with Crippen molar-refractivity contribution in [1.29, 1.82) is 0 Å². The van der Waals surface area contributed by atoms with Gasteiger partial charge in [0.15, 0.2) is 0 Å². The van der Waals surface area contributed by atoms with Gasteiger partial charge in [0, 0.05) is 12.2 Å². The van der Waals surface area contributed by atoms with E-state index in [9.17, 15) is 4.79 Å². The highest BCUT2D eigenvalue weighted by molar-refractivity contribution is 5.84. The minimum atomic E-state index is -1.01. The maximum absolute atomic E-state index is 11.3. The van der Waals surface area contributed by atoms with Gasteiger partial charge in [0.05, 0.1) is 5.54 Å². The molecule has 0 saturated carbocycles. The summed E-state index contributed by atoms with van der Waals surface area (Å²) in [6.07, 6.45) is 2.58. The molecule has 0 radical (unpaired) electrons. The molecule has 4 heteroatoms. The lowest BCUT2D eigenvalue weighted by Crippen LogP contribution is -2.51. The topological polar surface area (TPSA) is 81.1 Å². The zero-order valence-electron chi connectivity index (χ0n) is 13.6. The van der Waals surface area contributed by atoms with Crippen molar-refractivity contribution in [3.05, 3.63) is 65.7 Å². The predicted molar refractivity (Wildman–Crippen MR) is 95.2 cm³/mol. The van der Waals surface area contributed by atoms with Gasteiger partial charge < -0.3 is 16.8 Å². The van der Waals surface area contributed by atoms with Gasteiger partial charge in [-0.1, -0.05) is 42.5 Å². The maximum Gasteiger partial charge on any atom is 0.237 e. The first-order valence-corrected chi connectivity index (χ1v) is 7.93. The van der Waals surface area contributed by atoms with Crippen LogP contribution in [0.25, 0.3) is 0 Å². The van der Waals surface area contributed by atoms with Crippen molar-refractivity contribution in [2.24, 2.45) is 11.5 Å². The summed E-state index contributed by atoms with van der Waals surface area (Å²) in [5, 5.41) is 3.40. The fraction of sp³-hybridized carbons (Fsp3) is 0.316. The van der Waals surface area contributed by atoms with Crippen molar-refractivity contribution < 1.29 is 4.79 Å². The van der Waals surface area contributed by atoms with E-state index >= 15 is 0 Å². The number of carbonyl (C=O) groups excluding carboxylic acids is 1. The highest BCUT2D eigenvalue weighted by atomic mass is 16.1. The third-order valence-electron chi connectivity index (χ3n) is 3.90. The van der Waals surface area contributed by atoms with E-state index in [1.54, 1.807) is 6.92 Å². The molecule has 0 aliphatic carbocycles. The molecule has 0 saturated heterocycles. The van der Waals surface area contributed by atoms with E-state index in [-0.39, 0.29) is 0 Å². The normalized spacial score (nSPS) is 13.3. The number of benzene rings is 2. The largest absolute Gasteiger partial charge is 0.385 e. The first-order valence-electron chi connectivity index (χ1n) is 7.93. The van der Waals surface area contributed by atoms with Crippen LogP contribution in [0.5, 0.6) is 0 Å². The summed E-state index contributed by atoms with van der Waals surface area (Å²) in [4.78, 5) is 11.3. The molecule has 122 valence electrons. The SMILES string of the molecule is CC(N)(Cc1ccc(NCCCc2ccccc2)cc1)C(N)=O. The van der Waals surface area contributed by atoms with Gasteiger partial charge in [-0.2, -0.15) is 0 Å². The first-order chi connectivity index (χ1) is 11.0. The standard InChI is InChI=1S/C19H25N3O/c1-19(21,18(20)23)14-16-9-11-17(12-10-16)22-13-5-8-15-6-3-2-4-7-15/h2-4,6-7,9-12,22H,5,8,13-14,21H2,1H3,(H2,20,23). The summed E-state index contributed by atoms with van der Waals surface area (Å²) in [6, 6.07) is 18.4. The van der Waals surface area contributed by atoms with E-state index in [0.717, 1.165) is 30.6 Å². The molecule has 0 fully saturated rings. The summed E-state index contributed by atoms with van der Waals surface area (Å²) >= 11 is 0. The second-order valence-corrected chi connectivity index (χ2v) is 6.17. The average Bonchev–Trinajstić information content (AvgIpc) is 2.54. The Hall–Kier alpha value is -2.33. The van der Waals surface area contributed by atoms with Crippen molar-refractivity contribution in [2.45, 2.75) is 31.7 Å². The minimum Gasteiger partial charge on any atom is -0.385 e. The van der Waals surface area contributed by atoms with Crippen molar-refractivity contribution in [1.82, 2.24) is 0 Å². The molecule has 0 aliphatic rings. The Kier molecular flexibility index (Phi) is 5.77. The molecule has 0 aliphatic heterocycles. The number of hydrogen-bond acceptors (Lipinski definition) is 3. The van der Waals surface area contributed by atoms with Crippen LogP contribution in [0.15, 0.2) is 54.6 Å². The molecule has 4 nitrogen and oxygen atoms in total. The lowest BCUT2D eigenvalue weighted by Gasteiger charge is -2.20. The van der Waals surface area contributed by atoms with E-state index in [0.29, 0.717) is 6.42 Å². The molecule has 5 N–H and O–H groups in total. The summed E-state index contributed by atoms with van der Waals surface area (Å²) in [6.45, 7) is 2.58. The van der Waals surface area contributed by atoms with E-state index in [4.69, 9.17) is 11.5 Å². The molecule has 1 amide bonds. The fourth-order valence-electron chi connectivity index (χ4n) is 2.42. The predicted octanol–water partition coefficient (Wildman–Crippen LogP) is 2.48. The molecule has 2 aromatic carbocycles. The third kappa shape index (κ3) is 5.42. The van der Waals surface area contributed by atoms with E-state index in [1.165, 1.54) is 5.56 Å². The van der Waals surface area contributed by atoms with Gasteiger partial charge >= 0.3 is 0 Å². The van der Waals surface area contributed by atoms with Crippen LogP contribution in [0, 0.1) is 0 Å². The highest BCUT2D eigenvalue weighted by Gasteiger charge is 2.25. The number of anilines is 1. The van der Waals surface area contributed by atoms with Crippen LogP contribution in [0.1, 0.15) is 24.5 Å². The number of carbonyl (C=O) groups is 1. The second kappa shape index (κ2) is 7.79. The quantitative estimate of drug-likeness (QED) is 0.655. The lowest BCUT2D eigenvalue weighted by molar-refractivity contribution is -0.122. The molecule has 2 rings (SSSR count). The smallest absolute Gasteiger partial charge is 0.237 e. The van der Waals surface area contributed by atoms with Gasteiger partial charge in [0.25, 0.3) is 0 Å². The summed E-state index contributed by atoms with van der Waals surface area (Å²) < 4.78 is 0. The van der Waals surface area contributed by atoms with Gasteiger partial charge in [0.1, 0.15) is 0 Å². The zero-order chi connectivity index (χ0) is 16.7. The zero-order valence-corrected chi connectivity index (χ0v) is 13.6. The van der Waals surface area contributed by atoms with Crippen LogP contribution >= 0.6 is 0 Å². The van der Waals surface area contributed by atoms with Crippen molar-refractivity contribution >= 4 is 11.6 Å². The van der Waals surface area contributed by atoms with Crippen LogP contribution in [-0.4, -0.2) is 18.0 Å². The van der Waals surface area contributed by atoms with Crippen LogP contribution in [0.2, 0.25) is 0 Å². The van der Waals surface area contributed by atoms with Crippen LogP contribution in [0.3, 0.4) is 0 Å². The van der Waals surface area contributed by atoms with Gasteiger partial charge in [-0.05, 0) is 49.4 Å². The number of hydrogen-bond donors (Lipinski definition) is 3. The Balaban J connectivity index is 1.78. The molecule has 0 spiro atoms. The highest BCUT2D eigenvalue weighted by Crippen LogP contribution is 2.14. The Morgan fingerprint density at radius 1 is 1.04 bits per heavy atom. The monoisotopic (exact) mass is 311 g/mol. The minimum absolute atomic E-state index is 0.441. The van der Waals surface area contributed by atoms with Gasteiger partial charge in [-0.3, -0.25) is 4.79 Å². The number of rotatable bonds is 8. The molecule has 23 heavy (non-hydrogen) atoms. The van der Waals surface area contributed by atoms with Crippen molar-refractivity contribution in [2.75, 3.05) is 11.9 Å². The molecule has 0 aromatic heterocycles. The van der Waals surface area contributed by atoms with E-state index < -0.39 is 11.4 Å². The molecule has 1 unspecified atom stereocenters. The van der Waals surface area contributed by atoms with Crippen molar-refractivity contribution in [3.8, 4) is 0 Å². The number of amides is 1. The second-order valence-electron chi connectivity index (χ2n) is 6.17. The number of nitrogens with two attached hydrogens (primary N) is 2. The Morgan fingerprint density at radius 2 is 1.70 bits per heavy atom. The van der Waals surface area contributed by atoms with Crippen LogP contribution in [0.4, 0.5) is 5.69 Å². The Bertz CT molecular complexity index is 621. The van der Waals surface area contributed by atoms with E-state index in [2.05, 4.69) is 29.6 Å². The fourth-order valence-corrected chi connectivity index (χ4v) is 2.42. The average molecular weight is 311 g/mol. The first kappa shape index (κ1) is 17.0. The Morgan fingerprint density at radius 3 is 2.30 bits per heavy atom. The lowest BCUT2D eigenvalue weighted by atomic mass is 9.93. The summed E-state index contributed by atoms with van der Waals surface area (Å²) in [7, 11) is 0. The van der Waals surface area contributed by atoms with Gasteiger partial charge in [0.2, 0.25) is 5.91 Å². The van der Waals surface area contributed by atoms with Gasteiger partial charge in [-0.15, -0.1) is 0 Å². The number of aryl methyl sites for hydroxylation is 1. The third-order valence-corrected chi connectivity index (χ3v) is 3.90.